The summed E-state index contributed by atoms with van der Waals surface area (Å²) >= 11 is 5.96. The molecule has 2 rings (SSSR count). The lowest BCUT2D eigenvalue weighted by atomic mass is 9.66. The molecular weight excluding hydrogens is 242 g/mol. The third kappa shape index (κ3) is 2.73. The fourth-order valence-corrected chi connectivity index (χ4v) is 3.63. The van der Waals surface area contributed by atoms with E-state index < -0.39 is 0 Å². The van der Waals surface area contributed by atoms with Gasteiger partial charge < -0.3 is 5.73 Å². The molecule has 100 valence electrons. The van der Waals surface area contributed by atoms with Crippen LogP contribution in [-0.2, 0) is 5.54 Å². The van der Waals surface area contributed by atoms with Crippen LogP contribution in [0.3, 0.4) is 0 Å². The molecule has 1 aliphatic carbocycles. The molecular formula is C16H24ClN. The normalized spacial score (nSPS) is 27.8. The van der Waals surface area contributed by atoms with E-state index in [0.717, 1.165) is 10.9 Å². The average molecular weight is 266 g/mol. The second kappa shape index (κ2) is 5.63. The van der Waals surface area contributed by atoms with Crippen LogP contribution < -0.4 is 5.73 Å². The van der Waals surface area contributed by atoms with Crippen molar-refractivity contribution in [1.82, 2.24) is 0 Å². The lowest BCUT2D eigenvalue weighted by molar-refractivity contribution is 0.138. The van der Waals surface area contributed by atoms with Gasteiger partial charge in [0.2, 0.25) is 0 Å². The molecule has 3 atom stereocenters. The standard InChI is InChI=1S/C16H24ClN/c1-3-12-6-4-5-7-15(12)16(2,18)13-8-10-14(17)11-9-13/h8-12,15H,3-7,18H2,1-2H3. The van der Waals surface area contributed by atoms with Gasteiger partial charge in [-0.1, -0.05) is 56.3 Å². The Morgan fingerprint density at radius 1 is 1.22 bits per heavy atom. The number of rotatable bonds is 3. The van der Waals surface area contributed by atoms with E-state index in [2.05, 4.69) is 26.0 Å². The summed E-state index contributed by atoms with van der Waals surface area (Å²) in [7, 11) is 0. The van der Waals surface area contributed by atoms with Crippen LogP contribution in [0, 0.1) is 11.8 Å². The molecule has 3 unspecified atom stereocenters. The maximum Gasteiger partial charge on any atom is 0.0412 e. The molecule has 0 aromatic heterocycles. The first-order chi connectivity index (χ1) is 8.55. The summed E-state index contributed by atoms with van der Waals surface area (Å²) < 4.78 is 0. The minimum Gasteiger partial charge on any atom is -0.321 e. The van der Waals surface area contributed by atoms with E-state index in [1.807, 2.05) is 12.1 Å². The molecule has 1 aliphatic rings. The van der Waals surface area contributed by atoms with Crippen LogP contribution in [-0.4, -0.2) is 0 Å². The highest BCUT2D eigenvalue weighted by Gasteiger charge is 2.37. The molecule has 0 aliphatic heterocycles. The van der Waals surface area contributed by atoms with E-state index in [1.165, 1.54) is 37.7 Å². The van der Waals surface area contributed by atoms with Crippen LogP contribution in [0.5, 0.6) is 0 Å². The average Bonchev–Trinajstić information content (AvgIpc) is 2.39. The molecule has 1 saturated carbocycles. The highest BCUT2D eigenvalue weighted by molar-refractivity contribution is 6.30. The van der Waals surface area contributed by atoms with Crippen molar-refractivity contribution >= 4 is 11.6 Å². The summed E-state index contributed by atoms with van der Waals surface area (Å²) in [6.07, 6.45) is 6.52. The van der Waals surface area contributed by atoms with Crippen LogP contribution in [0.2, 0.25) is 5.02 Å². The fourth-order valence-electron chi connectivity index (χ4n) is 3.51. The van der Waals surface area contributed by atoms with Gasteiger partial charge in [0.05, 0.1) is 0 Å². The zero-order valence-electron chi connectivity index (χ0n) is 11.5. The fraction of sp³-hybridized carbons (Fsp3) is 0.625. The van der Waals surface area contributed by atoms with Crippen molar-refractivity contribution in [3.8, 4) is 0 Å². The molecule has 0 amide bonds. The maximum atomic E-state index is 6.69. The molecule has 0 heterocycles. The number of benzene rings is 1. The lowest BCUT2D eigenvalue weighted by Gasteiger charge is -2.42. The van der Waals surface area contributed by atoms with E-state index >= 15 is 0 Å². The topological polar surface area (TPSA) is 26.0 Å². The van der Waals surface area contributed by atoms with E-state index in [1.54, 1.807) is 0 Å². The van der Waals surface area contributed by atoms with Crippen LogP contribution in [0.1, 0.15) is 51.5 Å². The van der Waals surface area contributed by atoms with Crippen LogP contribution in [0.25, 0.3) is 0 Å². The minimum atomic E-state index is -0.230. The van der Waals surface area contributed by atoms with Crippen molar-refractivity contribution in [1.29, 1.82) is 0 Å². The van der Waals surface area contributed by atoms with Gasteiger partial charge in [0, 0.05) is 10.6 Å². The van der Waals surface area contributed by atoms with E-state index in [9.17, 15) is 0 Å². The maximum absolute atomic E-state index is 6.69. The Hall–Kier alpha value is -0.530. The monoisotopic (exact) mass is 265 g/mol. The molecule has 1 fully saturated rings. The third-order valence-electron chi connectivity index (χ3n) is 4.67. The van der Waals surface area contributed by atoms with Crippen LogP contribution in [0.15, 0.2) is 24.3 Å². The Kier molecular flexibility index (Phi) is 4.34. The summed E-state index contributed by atoms with van der Waals surface area (Å²) in [4.78, 5) is 0. The Morgan fingerprint density at radius 3 is 2.44 bits per heavy atom. The summed E-state index contributed by atoms with van der Waals surface area (Å²) in [6, 6.07) is 8.07. The molecule has 0 bridgehead atoms. The molecule has 2 heteroatoms. The highest BCUT2D eigenvalue weighted by Crippen LogP contribution is 2.42. The second-order valence-corrected chi connectivity index (χ2v) is 6.29. The van der Waals surface area contributed by atoms with Gasteiger partial charge in [-0.15, -0.1) is 0 Å². The molecule has 1 nitrogen and oxygen atoms in total. The first-order valence-corrected chi connectivity index (χ1v) is 7.48. The van der Waals surface area contributed by atoms with Gasteiger partial charge in [0.15, 0.2) is 0 Å². The van der Waals surface area contributed by atoms with Crippen molar-refractivity contribution < 1.29 is 0 Å². The van der Waals surface area contributed by atoms with Crippen LogP contribution >= 0.6 is 11.6 Å². The molecule has 0 saturated heterocycles. The Labute approximate surface area is 116 Å². The van der Waals surface area contributed by atoms with Gasteiger partial charge in [-0.05, 0) is 42.9 Å². The summed E-state index contributed by atoms with van der Waals surface area (Å²) in [5.74, 6) is 1.36. The van der Waals surface area contributed by atoms with Gasteiger partial charge in [-0.3, -0.25) is 0 Å². The summed E-state index contributed by atoms with van der Waals surface area (Å²) in [6.45, 7) is 4.48. The van der Waals surface area contributed by atoms with Crippen molar-refractivity contribution in [2.45, 2.75) is 51.5 Å². The summed E-state index contributed by atoms with van der Waals surface area (Å²) in [5, 5.41) is 0.783. The number of halogens is 1. The zero-order chi connectivity index (χ0) is 13.2. The minimum absolute atomic E-state index is 0.230. The lowest BCUT2D eigenvalue weighted by Crippen LogP contribution is -2.45. The smallest absolute Gasteiger partial charge is 0.0412 e. The zero-order valence-corrected chi connectivity index (χ0v) is 12.2. The van der Waals surface area contributed by atoms with Crippen molar-refractivity contribution in [2.75, 3.05) is 0 Å². The van der Waals surface area contributed by atoms with Gasteiger partial charge in [0.25, 0.3) is 0 Å². The highest BCUT2D eigenvalue weighted by atomic mass is 35.5. The molecule has 18 heavy (non-hydrogen) atoms. The molecule has 2 N–H and O–H groups in total. The van der Waals surface area contributed by atoms with Crippen molar-refractivity contribution in [3.63, 3.8) is 0 Å². The van der Waals surface area contributed by atoms with E-state index in [-0.39, 0.29) is 5.54 Å². The number of hydrogen-bond donors (Lipinski definition) is 1. The SMILES string of the molecule is CCC1CCCCC1C(C)(N)c1ccc(Cl)cc1. The number of hydrogen-bond acceptors (Lipinski definition) is 1. The second-order valence-electron chi connectivity index (χ2n) is 5.85. The van der Waals surface area contributed by atoms with Gasteiger partial charge in [0.1, 0.15) is 0 Å². The third-order valence-corrected chi connectivity index (χ3v) is 4.92. The Bertz CT molecular complexity index is 383. The van der Waals surface area contributed by atoms with Gasteiger partial charge >= 0.3 is 0 Å². The van der Waals surface area contributed by atoms with Crippen molar-refractivity contribution in [2.24, 2.45) is 17.6 Å². The predicted molar refractivity (Wildman–Crippen MR) is 78.7 cm³/mol. The number of nitrogens with two attached hydrogens (primary N) is 1. The van der Waals surface area contributed by atoms with Gasteiger partial charge in [-0.2, -0.15) is 0 Å². The Morgan fingerprint density at radius 2 is 1.83 bits per heavy atom. The molecule has 0 radical (unpaired) electrons. The summed E-state index contributed by atoms with van der Waals surface area (Å²) in [5.41, 5.74) is 7.67. The first-order valence-electron chi connectivity index (χ1n) is 7.10. The van der Waals surface area contributed by atoms with Gasteiger partial charge in [-0.25, -0.2) is 0 Å². The quantitative estimate of drug-likeness (QED) is 0.840. The first kappa shape index (κ1) is 13.9. The van der Waals surface area contributed by atoms with E-state index in [4.69, 9.17) is 17.3 Å². The van der Waals surface area contributed by atoms with Crippen LogP contribution in [0.4, 0.5) is 0 Å². The van der Waals surface area contributed by atoms with Crippen molar-refractivity contribution in [3.05, 3.63) is 34.9 Å². The molecule has 1 aromatic carbocycles. The predicted octanol–water partition coefficient (Wildman–Crippen LogP) is 4.73. The molecule has 0 spiro atoms. The van der Waals surface area contributed by atoms with E-state index in [0.29, 0.717) is 5.92 Å². The largest absolute Gasteiger partial charge is 0.321 e. The molecule has 1 aromatic rings. The Balaban J connectivity index is 2.25.